The summed E-state index contributed by atoms with van der Waals surface area (Å²) in [5.74, 6) is -0.202. The average Bonchev–Trinajstić information content (AvgIpc) is 3.20. The number of hydrogen-bond acceptors (Lipinski definition) is 5. The molecule has 2 aliphatic heterocycles. The van der Waals surface area contributed by atoms with Gasteiger partial charge >= 0.3 is 0 Å². The van der Waals surface area contributed by atoms with Gasteiger partial charge in [-0.05, 0) is 17.5 Å². The molecule has 0 aliphatic carbocycles. The molecule has 3 amide bonds. The van der Waals surface area contributed by atoms with Gasteiger partial charge in [-0.25, -0.2) is 0 Å². The summed E-state index contributed by atoms with van der Waals surface area (Å²) in [6.45, 7) is 4.55. The van der Waals surface area contributed by atoms with Crippen LogP contribution in [0.4, 0.5) is 0 Å². The molecule has 3 atom stereocenters. The monoisotopic (exact) mass is 391 g/mol. The molecular weight excluding hydrogens is 366 g/mol. The second-order valence-corrected chi connectivity index (χ2v) is 8.13. The molecule has 0 radical (unpaired) electrons. The molecule has 8 heteroatoms. The minimum absolute atomic E-state index is 0.0761. The number of rotatable bonds is 7. The predicted octanol–water partition coefficient (Wildman–Crippen LogP) is 1.16. The van der Waals surface area contributed by atoms with Gasteiger partial charge in [0.1, 0.15) is 17.5 Å². The van der Waals surface area contributed by atoms with Gasteiger partial charge < -0.3 is 20.3 Å². The molecule has 146 valence electrons. The minimum Gasteiger partial charge on any atom is -0.383 e. The molecule has 0 saturated carbocycles. The van der Waals surface area contributed by atoms with Crippen molar-refractivity contribution in [3.05, 3.63) is 35.4 Å². The van der Waals surface area contributed by atoms with Crippen molar-refractivity contribution < 1.29 is 19.1 Å². The van der Waals surface area contributed by atoms with Crippen molar-refractivity contribution in [1.82, 2.24) is 15.5 Å². The number of benzene rings is 1. The summed E-state index contributed by atoms with van der Waals surface area (Å²) in [7, 11) is 1.56. The lowest BCUT2D eigenvalue weighted by molar-refractivity contribution is -0.132. The van der Waals surface area contributed by atoms with Crippen LogP contribution in [0.1, 0.15) is 35.1 Å². The Labute approximate surface area is 163 Å². The molecule has 1 aromatic rings. The van der Waals surface area contributed by atoms with Crippen LogP contribution in [0.3, 0.4) is 0 Å². The van der Waals surface area contributed by atoms with E-state index in [2.05, 4.69) is 10.6 Å². The van der Waals surface area contributed by atoms with Crippen molar-refractivity contribution in [2.75, 3.05) is 26.0 Å². The molecule has 2 aliphatic rings. The molecule has 0 unspecified atom stereocenters. The van der Waals surface area contributed by atoms with Crippen molar-refractivity contribution in [1.29, 1.82) is 0 Å². The Bertz CT molecular complexity index is 739. The molecule has 1 aromatic carbocycles. The molecule has 0 aromatic heterocycles. The van der Waals surface area contributed by atoms with E-state index < -0.39 is 12.1 Å². The van der Waals surface area contributed by atoms with Crippen LogP contribution in [0.5, 0.6) is 0 Å². The van der Waals surface area contributed by atoms with Gasteiger partial charge in [0, 0.05) is 25.0 Å². The zero-order valence-electron chi connectivity index (χ0n) is 15.7. The molecule has 0 bridgehead atoms. The SMILES string of the molecule is COCCNC(=O)[C@@H](NC(=O)[C@@H]1CS[C@@H]2c3ccccc3C(=O)N21)C(C)C. The topological polar surface area (TPSA) is 87.7 Å². The fourth-order valence-corrected chi connectivity index (χ4v) is 4.88. The van der Waals surface area contributed by atoms with Crippen LogP contribution in [0, 0.1) is 5.92 Å². The zero-order valence-corrected chi connectivity index (χ0v) is 16.5. The first-order valence-electron chi connectivity index (χ1n) is 9.06. The summed E-state index contributed by atoms with van der Waals surface area (Å²) in [5.41, 5.74) is 1.62. The molecule has 7 nitrogen and oxygen atoms in total. The number of amides is 3. The van der Waals surface area contributed by atoms with Crippen LogP contribution in [0.2, 0.25) is 0 Å². The Hall–Kier alpha value is -2.06. The summed E-state index contributed by atoms with van der Waals surface area (Å²) in [6.07, 6.45) is 0. The van der Waals surface area contributed by atoms with Crippen molar-refractivity contribution in [2.45, 2.75) is 31.3 Å². The van der Waals surface area contributed by atoms with Crippen LogP contribution in [-0.2, 0) is 14.3 Å². The summed E-state index contributed by atoms with van der Waals surface area (Å²) in [6, 6.07) is 6.24. The van der Waals surface area contributed by atoms with Gasteiger partial charge in [-0.2, -0.15) is 0 Å². The molecule has 2 N–H and O–H groups in total. The average molecular weight is 391 g/mol. The van der Waals surface area contributed by atoms with Crippen LogP contribution >= 0.6 is 11.8 Å². The van der Waals surface area contributed by atoms with E-state index in [0.717, 1.165) is 5.56 Å². The molecule has 27 heavy (non-hydrogen) atoms. The van der Waals surface area contributed by atoms with Gasteiger partial charge in [0.15, 0.2) is 0 Å². The first-order valence-corrected chi connectivity index (χ1v) is 10.1. The number of nitrogens with zero attached hydrogens (tertiary/aromatic N) is 1. The lowest BCUT2D eigenvalue weighted by atomic mass is 10.0. The van der Waals surface area contributed by atoms with Gasteiger partial charge in [0.05, 0.1) is 6.61 Å². The second-order valence-electron chi connectivity index (χ2n) is 7.02. The van der Waals surface area contributed by atoms with Gasteiger partial charge in [-0.15, -0.1) is 11.8 Å². The summed E-state index contributed by atoms with van der Waals surface area (Å²) in [5, 5.41) is 5.48. The minimum atomic E-state index is -0.654. The highest BCUT2D eigenvalue weighted by Gasteiger charge is 2.48. The van der Waals surface area contributed by atoms with E-state index in [4.69, 9.17) is 4.74 Å². The van der Waals surface area contributed by atoms with Gasteiger partial charge in [-0.1, -0.05) is 32.0 Å². The maximum atomic E-state index is 12.9. The molecule has 0 spiro atoms. The molecule has 1 saturated heterocycles. The fraction of sp³-hybridized carbons (Fsp3) is 0.526. The Balaban J connectivity index is 1.69. The number of hydrogen-bond donors (Lipinski definition) is 2. The zero-order chi connectivity index (χ0) is 19.6. The van der Waals surface area contributed by atoms with E-state index in [1.54, 1.807) is 29.8 Å². The fourth-order valence-electron chi connectivity index (χ4n) is 3.41. The maximum absolute atomic E-state index is 12.9. The van der Waals surface area contributed by atoms with Crippen LogP contribution in [0.15, 0.2) is 24.3 Å². The highest BCUT2D eigenvalue weighted by molar-refractivity contribution is 7.99. The van der Waals surface area contributed by atoms with E-state index >= 15 is 0 Å². The van der Waals surface area contributed by atoms with Crippen molar-refractivity contribution in [3.8, 4) is 0 Å². The summed E-state index contributed by atoms with van der Waals surface area (Å²) in [4.78, 5) is 39.7. The number of carbonyl (C=O) groups is 3. The van der Waals surface area contributed by atoms with E-state index in [1.807, 2.05) is 32.0 Å². The second kappa shape index (κ2) is 8.31. The summed E-state index contributed by atoms with van der Waals surface area (Å²) >= 11 is 1.58. The van der Waals surface area contributed by atoms with E-state index in [0.29, 0.717) is 24.5 Å². The van der Waals surface area contributed by atoms with Crippen LogP contribution in [0.25, 0.3) is 0 Å². The molecule has 3 rings (SSSR count). The largest absolute Gasteiger partial charge is 0.383 e. The van der Waals surface area contributed by atoms with Gasteiger partial charge in [-0.3, -0.25) is 14.4 Å². The maximum Gasteiger partial charge on any atom is 0.256 e. The van der Waals surface area contributed by atoms with E-state index in [-0.39, 0.29) is 29.0 Å². The first kappa shape index (κ1) is 19.7. The highest BCUT2D eigenvalue weighted by Crippen LogP contribution is 2.48. The predicted molar refractivity (Wildman–Crippen MR) is 103 cm³/mol. The molecule has 1 fully saturated rings. The third kappa shape index (κ3) is 3.82. The Morgan fingerprint density at radius 3 is 2.78 bits per heavy atom. The van der Waals surface area contributed by atoms with E-state index in [9.17, 15) is 14.4 Å². The lowest BCUT2D eigenvalue weighted by Crippen LogP contribution is -2.55. The van der Waals surface area contributed by atoms with Gasteiger partial charge in [0.25, 0.3) is 5.91 Å². The molecular formula is C19H25N3O4S. The third-order valence-electron chi connectivity index (χ3n) is 4.85. The van der Waals surface area contributed by atoms with Gasteiger partial charge in [0.2, 0.25) is 11.8 Å². The smallest absolute Gasteiger partial charge is 0.256 e. The van der Waals surface area contributed by atoms with Crippen molar-refractivity contribution in [3.63, 3.8) is 0 Å². The Morgan fingerprint density at radius 1 is 1.33 bits per heavy atom. The lowest BCUT2D eigenvalue weighted by Gasteiger charge is -2.27. The van der Waals surface area contributed by atoms with Crippen LogP contribution in [-0.4, -0.2) is 60.7 Å². The Morgan fingerprint density at radius 2 is 2.07 bits per heavy atom. The number of nitrogens with one attached hydrogen (secondary N) is 2. The number of ether oxygens (including phenoxy) is 1. The third-order valence-corrected chi connectivity index (χ3v) is 6.15. The normalized spacial score (nSPS) is 21.8. The van der Waals surface area contributed by atoms with Crippen molar-refractivity contribution in [2.24, 2.45) is 5.92 Å². The number of fused-ring (bicyclic) bond motifs is 3. The number of thioether (sulfide) groups is 1. The van der Waals surface area contributed by atoms with E-state index in [1.165, 1.54) is 0 Å². The van der Waals surface area contributed by atoms with Crippen LogP contribution < -0.4 is 10.6 Å². The quantitative estimate of drug-likeness (QED) is 0.681. The standard InChI is InChI=1S/C19H25N3O4S/c1-11(2)15(17(24)20-8-9-26-3)21-16(23)14-10-27-19-13-7-5-4-6-12(13)18(25)22(14)19/h4-7,11,14-15,19H,8-10H2,1-3H3,(H,20,24)(H,21,23)/t14-,15-,19+/m0/s1. The number of methoxy groups -OCH3 is 1. The number of carbonyl (C=O) groups excluding carboxylic acids is 3. The Kier molecular flexibility index (Phi) is 6.06. The highest BCUT2D eigenvalue weighted by atomic mass is 32.2. The molecule has 2 heterocycles. The first-order chi connectivity index (χ1) is 13.0. The summed E-state index contributed by atoms with van der Waals surface area (Å²) < 4.78 is 4.94. The van der Waals surface area contributed by atoms with Crippen molar-refractivity contribution >= 4 is 29.5 Å².